The molecule has 0 radical (unpaired) electrons. The lowest BCUT2D eigenvalue weighted by Gasteiger charge is -2.12. The van der Waals surface area contributed by atoms with Gasteiger partial charge in [0.25, 0.3) is 5.69 Å². The predicted molar refractivity (Wildman–Crippen MR) is 90.5 cm³/mol. The minimum atomic E-state index is -0.467. The Morgan fingerprint density at radius 1 is 1.00 bits per heavy atom. The Morgan fingerprint density at radius 3 is 2.24 bits per heavy atom. The van der Waals surface area contributed by atoms with Gasteiger partial charge in [0.05, 0.1) is 30.0 Å². The van der Waals surface area contributed by atoms with Gasteiger partial charge in [-0.2, -0.15) is 4.98 Å². The van der Waals surface area contributed by atoms with E-state index in [-0.39, 0.29) is 5.69 Å². The van der Waals surface area contributed by atoms with Crippen molar-refractivity contribution in [3.8, 4) is 23.1 Å². The van der Waals surface area contributed by atoms with Crippen LogP contribution in [-0.4, -0.2) is 29.1 Å². The van der Waals surface area contributed by atoms with Crippen LogP contribution in [-0.2, 0) is 0 Å². The summed E-state index contributed by atoms with van der Waals surface area (Å²) >= 11 is 0. The Kier molecular flexibility index (Phi) is 4.34. The number of hydrogen-bond acceptors (Lipinski definition) is 7. The van der Waals surface area contributed by atoms with Crippen molar-refractivity contribution in [2.75, 3.05) is 14.2 Å². The molecule has 0 spiro atoms. The first-order chi connectivity index (χ1) is 12.0. The zero-order chi connectivity index (χ0) is 18.0. The van der Waals surface area contributed by atoms with Crippen LogP contribution in [0.2, 0.25) is 0 Å². The standard InChI is InChI=1S/C17H15N3O5/c1-10-18-14-9-16(24-3)15(23-2)8-13(14)17(19-10)25-12-6-4-11(5-7-12)20(21)22/h4-9H,1-3H3. The van der Waals surface area contributed by atoms with Gasteiger partial charge >= 0.3 is 0 Å². The van der Waals surface area contributed by atoms with Gasteiger partial charge < -0.3 is 14.2 Å². The van der Waals surface area contributed by atoms with Crippen molar-refractivity contribution in [3.05, 3.63) is 52.3 Å². The van der Waals surface area contributed by atoms with Crippen LogP contribution < -0.4 is 14.2 Å². The van der Waals surface area contributed by atoms with E-state index in [0.29, 0.717) is 39.9 Å². The molecule has 128 valence electrons. The summed E-state index contributed by atoms with van der Waals surface area (Å²) in [5, 5.41) is 11.4. The SMILES string of the molecule is COc1cc2nc(C)nc(Oc3ccc([N+](=O)[O-])cc3)c2cc1OC. The molecule has 3 rings (SSSR count). The highest BCUT2D eigenvalue weighted by Gasteiger charge is 2.14. The first-order valence-corrected chi connectivity index (χ1v) is 7.34. The molecule has 0 amide bonds. The number of aromatic nitrogens is 2. The van der Waals surface area contributed by atoms with E-state index in [9.17, 15) is 10.1 Å². The normalized spacial score (nSPS) is 10.5. The highest BCUT2D eigenvalue weighted by Crippen LogP contribution is 2.36. The van der Waals surface area contributed by atoms with Crippen molar-refractivity contribution in [2.24, 2.45) is 0 Å². The van der Waals surface area contributed by atoms with Crippen molar-refractivity contribution in [1.82, 2.24) is 9.97 Å². The molecule has 8 nitrogen and oxygen atoms in total. The minimum absolute atomic E-state index is 0.0116. The first-order valence-electron chi connectivity index (χ1n) is 7.34. The maximum atomic E-state index is 10.7. The van der Waals surface area contributed by atoms with Gasteiger partial charge in [-0.1, -0.05) is 0 Å². The van der Waals surface area contributed by atoms with Crippen molar-refractivity contribution < 1.29 is 19.1 Å². The smallest absolute Gasteiger partial charge is 0.269 e. The number of nitro benzene ring substituents is 1. The maximum Gasteiger partial charge on any atom is 0.269 e. The van der Waals surface area contributed by atoms with Crippen molar-refractivity contribution in [2.45, 2.75) is 6.92 Å². The average molecular weight is 341 g/mol. The quantitative estimate of drug-likeness (QED) is 0.516. The first kappa shape index (κ1) is 16.4. The third kappa shape index (κ3) is 3.27. The molecule has 0 unspecified atom stereocenters. The second kappa shape index (κ2) is 6.60. The fourth-order valence-electron chi connectivity index (χ4n) is 2.36. The summed E-state index contributed by atoms with van der Waals surface area (Å²) < 4.78 is 16.4. The molecule has 0 fully saturated rings. The lowest BCUT2D eigenvalue weighted by Crippen LogP contribution is -1.98. The number of ether oxygens (including phenoxy) is 3. The van der Waals surface area contributed by atoms with Crippen molar-refractivity contribution in [1.29, 1.82) is 0 Å². The van der Waals surface area contributed by atoms with Crippen molar-refractivity contribution in [3.63, 3.8) is 0 Å². The highest BCUT2D eigenvalue weighted by molar-refractivity contribution is 5.87. The van der Waals surface area contributed by atoms with Gasteiger partial charge in [-0.3, -0.25) is 10.1 Å². The molecule has 0 saturated carbocycles. The van der Waals surface area contributed by atoms with E-state index in [1.54, 1.807) is 26.2 Å². The molecule has 0 atom stereocenters. The molecule has 1 aromatic heterocycles. The van der Waals surface area contributed by atoms with Gasteiger partial charge in [0.15, 0.2) is 11.5 Å². The second-order valence-corrected chi connectivity index (χ2v) is 5.15. The molecule has 0 bridgehead atoms. The Bertz CT molecular complexity index is 941. The molecule has 1 heterocycles. The number of nitro groups is 1. The molecule has 2 aromatic carbocycles. The number of benzene rings is 2. The molecule has 0 aliphatic heterocycles. The lowest BCUT2D eigenvalue weighted by atomic mass is 10.2. The van der Waals surface area contributed by atoms with Crippen LogP contribution in [0.3, 0.4) is 0 Å². The van der Waals surface area contributed by atoms with Crippen molar-refractivity contribution >= 4 is 16.6 Å². The van der Waals surface area contributed by atoms with E-state index in [4.69, 9.17) is 14.2 Å². The van der Waals surface area contributed by atoms with Crippen LogP contribution in [0.4, 0.5) is 5.69 Å². The number of aryl methyl sites for hydroxylation is 1. The number of fused-ring (bicyclic) bond motifs is 1. The molecule has 0 aliphatic rings. The second-order valence-electron chi connectivity index (χ2n) is 5.15. The number of methoxy groups -OCH3 is 2. The van der Waals surface area contributed by atoms with E-state index in [1.165, 1.54) is 31.4 Å². The number of hydrogen-bond donors (Lipinski definition) is 0. The van der Waals surface area contributed by atoms with Gasteiger partial charge in [-0.15, -0.1) is 0 Å². The van der Waals surface area contributed by atoms with E-state index in [2.05, 4.69) is 9.97 Å². The summed E-state index contributed by atoms with van der Waals surface area (Å²) in [6, 6.07) is 9.24. The fourth-order valence-corrected chi connectivity index (χ4v) is 2.36. The third-order valence-electron chi connectivity index (χ3n) is 3.54. The number of rotatable bonds is 5. The van der Waals surface area contributed by atoms with Crippen LogP contribution in [0, 0.1) is 17.0 Å². The van der Waals surface area contributed by atoms with Crippen LogP contribution in [0.15, 0.2) is 36.4 Å². The Balaban J connectivity index is 2.06. The van der Waals surface area contributed by atoms with Gasteiger partial charge in [-0.25, -0.2) is 4.98 Å². The molecule has 25 heavy (non-hydrogen) atoms. The monoisotopic (exact) mass is 341 g/mol. The van der Waals surface area contributed by atoms with Gasteiger partial charge in [0, 0.05) is 18.2 Å². The Hall–Kier alpha value is -3.42. The van der Waals surface area contributed by atoms with Gasteiger partial charge in [0.2, 0.25) is 5.88 Å². The summed E-state index contributed by atoms with van der Waals surface area (Å²) in [7, 11) is 3.08. The topological polar surface area (TPSA) is 96.6 Å². The van der Waals surface area contributed by atoms with Crippen LogP contribution in [0.25, 0.3) is 10.9 Å². The third-order valence-corrected chi connectivity index (χ3v) is 3.54. The largest absolute Gasteiger partial charge is 0.493 e. The molecular weight excluding hydrogens is 326 g/mol. The molecule has 0 aliphatic carbocycles. The summed E-state index contributed by atoms with van der Waals surface area (Å²) in [6.45, 7) is 1.75. The van der Waals surface area contributed by atoms with Gasteiger partial charge in [-0.05, 0) is 25.1 Å². The lowest BCUT2D eigenvalue weighted by molar-refractivity contribution is -0.384. The number of non-ortho nitro benzene ring substituents is 1. The fraction of sp³-hybridized carbons (Fsp3) is 0.176. The maximum absolute atomic E-state index is 10.7. The van der Waals surface area contributed by atoms with Gasteiger partial charge in [0.1, 0.15) is 11.6 Å². The van der Waals surface area contributed by atoms with E-state index in [0.717, 1.165) is 0 Å². The molecule has 0 N–H and O–H groups in total. The molecule has 8 heteroatoms. The minimum Gasteiger partial charge on any atom is -0.493 e. The summed E-state index contributed by atoms with van der Waals surface area (Å²) in [4.78, 5) is 19.0. The highest BCUT2D eigenvalue weighted by atomic mass is 16.6. The average Bonchev–Trinajstić information content (AvgIpc) is 2.61. The van der Waals surface area contributed by atoms with E-state index >= 15 is 0 Å². The van der Waals surface area contributed by atoms with Crippen LogP contribution >= 0.6 is 0 Å². The zero-order valence-corrected chi connectivity index (χ0v) is 13.8. The number of nitrogens with zero attached hydrogens (tertiary/aromatic N) is 3. The predicted octanol–water partition coefficient (Wildman–Crippen LogP) is 3.66. The van der Waals surface area contributed by atoms with E-state index in [1.807, 2.05) is 0 Å². The Morgan fingerprint density at radius 2 is 1.64 bits per heavy atom. The summed E-state index contributed by atoms with van der Waals surface area (Å²) in [5.41, 5.74) is 0.629. The summed E-state index contributed by atoms with van der Waals surface area (Å²) in [6.07, 6.45) is 0. The zero-order valence-electron chi connectivity index (χ0n) is 13.8. The van der Waals surface area contributed by atoms with E-state index < -0.39 is 4.92 Å². The Labute approximate surface area is 143 Å². The molecule has 0 saturated heterocycles. The molecule has 3 aromatic rings. The van der Waals surface area contributed by atoms with Crippen LogP contribution in [0.1, 0.15) is 5.82 Å². The van der Waals surface area contributed by atoms with Crippen LogP contribution in [0.5, 0.6) is 23.1 Å². The molecular formula is C17H15N3O5. The summed E-state index contributed by atoms with van der Waals surface area (Å²) in [5.74, 6) is 2.36.